The SMILES string of the molecule is COc1ccc(CC(C)(C)C(=O)O)cc1-c1ccccc1. The Hall–Kier alpha value is -2.29. The molecule has 3 nitrogen and oxygen atoms in total. The molecule has 0 bridgehead atoms. The zero-order valence-electron chi connectivity index (χ0n) is 12.6. The molecule has 0 saturated heterocycles. The van der Waals surface area contributed by atoms with E-state index in [1.165, 1.54) is 0 Å². The molecule has 2 aromatic carbocycles. The summed E-state index contributed by atoms with van der Waals surface area (Å²) in [7, 11) is 1.64. The van der Waals surface area contributed by atoms with Crippen molar-refractivity contribution in [2.24, 2.45) is 5.41 Å². The van der Waals surface area contributed by atoms with Crippen molar-refractivity contribution in [2.75, 3.05) is 7.11 Å². The van der Waals surface area contributed by atoms with E-state index in [-0.39, 0.29) is 0 Å². The van der Waals surface area contributed by atoms with Crippen molar-refractivity contribution in [3.63, 3.8) is 0 Å². The number of methoxy groups -OCH3 is 1. The summed E-state index contributed by atoms with van der Waals surface area (Å²) in [5, 5.41) is 9.26. The molecule has 0 fully saturated rings. The first-order chi connectivity index (χ1) is 9.94. The molecule has 3 heteroatoms. The van der Waals surface area contributed by atoms with Crippen molar-refractivity contribution < 1.29 is 14.6 Å². The molecule has 0 aliphatic heterocycles. The minimum absolute atomic E-state index is 0.478. The monoisotopic (exact) mass is 284 g/mol. The van der Waals surface area contributed by atoms with Crippen LogP contribution in [0.1, 0.15) is 19.4 Å². The number of rotatable bonds is 5. The quantitative estimate of drug-likeness (QED) is 0.902. The second-order valence-electron chi connectivity index (χ2n) is 5.77. The van der Waals surface area contributed by atoms with Gasteiger partial charge in [-0.05, 0) is 43.5 Å². The molecule has 1 N–H and O–H groups in total. The third-order valence-electron chi connectivity index (χ3n) is 3.57. The number of benzene rings is 2. The van der Waals surface area contributed by atoms with Crippen LogP contribution in [0.4, 0.5) is 0 Å². The zero-order chi connectivity index (χ0) is 15.5. The second-order valence-corrected chi connectivity index (χ2v) is 5.77. The summed E-state index contributed by atoms with van der Waals surface area (Å²) in [6.07, 6.45) is 0.478. The van der Waals surface area contributed by atoms with Crippen LogP contribution >= 0.6 is 0 Å². The van der Waals surface area contributed by atoms with Gasteiger partial charge in [0.1, 0.15) is 5.75 Å². The Morgan fingerprint density at radius 1 is 1.14 bits per heavy atom. The van der Waals surface area contributed by atoms with E-state index >= 15 is 0 Å². The predicted molar refractivity (Wildman–Crippen MR) is 83.6 cm³/mol. The number of hydrogen-bond donors (Lipinski definition) is 1. The van der Waals surface area contributed by atoms with Gasteiger partial charge in [0.15, 0.2) is 0 Å². The smallest absolute Gasteiger partial charge is 0.309 e. The molecule has 0 radical (unpaired) electrons. The Bertz CT molecular complexity index is 630. The molecule has 2 rings (SSSR count). The Balaban J connectivity index is 2.41. The van der Waals surface area contributed by atoms with Gasteiger partial charge in [0.2, 0.25) is 0 Å². The molecule has 0 amide bonds. The lowest BCUT2D eigenvalue weighted by Crippen LogP contribution is -2.26. The summed E-state index contributed by atoms with van der Waals surface area (Å²) in [5.74, 6) is -0.00217. The van der Waals surface area contributed by atoms with E-state index < -0.39 is 11.4 Å². The number of carboxylic acid groups (broad SMARTS) is 1. The third-order valence-corrected chi connectivity index (χ3v) is 3.57. The van der Waals surface area contributed by atoms with Gasteiger partial charge in [-0.15, -0.1) is 0 Å². The lowest BCUT2D eigenvalue weighted by atomic mass is 9.85. The van der Waals surface area contributed by atoms with Gasteiger partial charge in [-0.25, -0.2) is 0 Å². The van der Waals surface area contributed by atoms with Crippen LogP contribution in [0.2, 0.25) is 0 Å². The average Bonchev–Trinajstić information content (AvgIpc) is 2.47. The van der Waals surface area contributed by atoms with Crippen molar-refractivity contribution in [1.82, 2.24) is 0 Å². The number of hydrogen-bond acceptors (Lipinski definition) is 2. The van der Waals surface area contributed by atoms with Crippen molar-refractivity contribution in [3.05, 3.63) is 54.1 Å². The number of aliphatic carboxylic acids is 1. The largest absolute Gasteiger partial charge is 0.496 e. The van der Waals surface area contributed by atoms with Gasteiger partial charge in [0, 0.05) is 5.56 Å². The van der Waals surface area contributed by atoms with Crippen LogP contribution in [-0.4, -0.2) is 18.2 Å². The summed E-state index contributed by atoms with van der Waals surface area (Å²) in [6, 6.07) is 15.8. The van der Waals surface area contributed by atoms with Crippen LogP contribution in [-0.2, 0) is 11.2 Å². The molecule has 0 aromatic heterocycles. The van der Waals surface area contributed by atoms with Crippen molar-refractivity contribution >= 4 is 5.97 Å². The van der Waals surface area contributed by atoms with Crippen LogP contribution < -0.4 is 4.74 Å². The first-order valence-corrected chi connectivity index (χ1v) is 6.90. The highest BCUT2D eigenvalue weighted by molar-refractivity contribution is 5.75. The molecule has 0 saturated carbocycles. The summed E-state index contributed by atoms with van der Waals surface area (Å²) in [4.78, 5) is 11.3. The van der Waals surface area contributed by atoms with Crippen molar-refractivity contribution in [2.45, 2.75) is 20.3 Å². The molecular weight excluding hydrogens is 264 g/mol. The molecule has 0 spiro atoms. The lowest BCUT2D eigenvalue weighted by molar-refractivity contribution is -0.146. The Morgan fingerprint density at radius 2 is 1.81 bits per heavy atom. The maximum absolute atomic E-state index is 11.3. The van der Waals surface area contributed by atoms with Crippen molar-refractivity contribution in [3.8, 4) is 16.9 Å². The van der Waals surface area contributed by atoms with E-state index in [9.17, 15) is 9.90 Å². The van der Waals surface area contributed by atoms with E-state index in [0.29, 0.717) is 6.42 Å². The molecule has 21 heavy (non-hydrogen) atoms. The van der Waals surface area contributed by atoms with E-state index in [1.54, 1.807) is 21.0 Å². The standard InChI is InChI=1S/C18H20O3/c1-18(2,17(19)20)12-13-9-10-16(21-3)15(11-13)14-7-5-4-6-8-14/h4-11H,12H2,1-3H3,(H,19,20). The maximum Gasteiger partial charge on any atom is 0.309 e. The zero-order valence-corrected chi connectivity index (χ0v) is 12.6. The van der Waals surface area contributed by atoms with Crippen molar-refractivity contribution in [1.29, 1.82) is 0 Å². The fourth-order valence-electron chi connectivity index (χ4n) is 2.29. The van der Waals surface area contributed by atoms with Crippen LogP contribution in [0.15, 0.2) is 48.5 Å². The van der Waals surface area contributed by atoms with Crippen LogP contribution in [0.25, 0.3) is 11.1 Å². The Morgan fingerprint density at radius 3 is 2.38 bits per heavy atom. The predicted octanol–water partition coefficient (Wildman–Crippen LogP) is 4.02. The van der Waals surface area contributed by atoms with Gasteiger partial charge in [-0.1, -0.05) is 36.4 Å². The van der Waals surface area contributed by atoms with E-state index in [2.05, 4.69) is 0 Å². The Kier molecular flexibility index (Phi) is 4.32. The van der Waals surface area contributed by atoms with Gasteiger partial charge < -0.3 is 9.84 Å². The number of ether oxygens (including phenoxy) is 1. The highest BCUT2D eigenvalue weighted by atomic mass is 16.5. The number of carbonyl (C=O) groups is 1. The first kappa shape index (κ1) is 15.1. The van der Waals surface area contributed by atoms with Crippen LogP contribution in [0, 0.1) is 5.41 Å². The summed E-state index contributed by atoms with van der Waals surface area (Å²) in [6.45, 7) is 3.48. The highest BCUT2D eigenvalue weighted by Crippen LogP contribution is 2.33. The lowest BCUT2D eigenvalue weighted by Gasteiger charge is -2.20. The van der Waals surface area contributed by atoms with E-state index in [4.69, 9.17) is 4.74 Å². The fraction of sp³-hybridized carbons (Fsp3) is 0.278. The Labute approximate surface area is 125 Å². The maximum atomic E-state index is 11.3. The molecule has 0 unspecified atom stereocenters. The molecule has 0 atom stereocenters. The topological polar surface area (TPSA) is 46.5 Å². The summed E-state index contributed by atoms with van der Waals surface area (Å²) < 4.78 is 5.42. The second kappa shape index (κ2) is 6.00. The van der Waals surface area contributed by atoms with Crippen LogP contribution in [0.3, 0.4) is 0 Å². The molecule has 0 aliphatic rings. The molecule has 2 aromatic rings. The van der Waals surface area contributed by atoms with E-state index in [0.717, 1.165) is 22.4 Å². The molecule has 0 aliphatic carbocycles. The molecule has 0 heterocycles. The fourth-order valence-corrected chi connectivity index (χ4v) is 2.29. The van der Waals surface area contributed by atoms with Gasteiger partial charge in [-0.2, -0.15) is 0 Å². The van der Waals surface area contributed by atoms with E-state index in [1.807, 2.05) is 48.5 Å². The van der Waals surface area contributed by atoms with Gasteiger partial charge in [0.05, 0.1) is 12.5 Å². The van der Waals surface area contributed by atoms with Crippen LogP contribution in [0.5, 0.6) is 5.75 Å². The summed E-state index contributed by atoms with van der Waals surface area (Å²) in [5.41, 5.74) is 2.24. The molecular formula is C18H20O3. The first-order valence-electron chi connectivity index (χ1n) is 6.90. The highest BCUT2D eigenvalue weighted by Gasteiger charge is 2.27. The van der Waals surface area contributed by atoms with Gasteiger partial charge in [0.25, 0.3) is 0 Å². The number of carboxylic acids is 1. The average molecular weight is 284 g/mol. The summed E-state index contributed by atoms with van der Waals surface area (Å²) >= 11 is 0. The minimum Gasteiger partial charge on any atom is -0.496 e. The molecule has 110 valence electrons. The minimum atomic E-state index is -0.792. The third kappa shape index (κ3) is 3.43. The van der Waals surface area contributed by atoms with Gasteiger partial charge in [-0.3, -0.25) is 4.79 Å². The van der Waals surface area contributed by atoms with Gasteiger partial charge >= 0.3 is 5.97 Å². The normalized spacial score (nSPS) is 11.2.